The molecule has 0 saturated heterocycles. The number of alkyl halides is 3. The molecule has 0 radical (unpaired) electrons. The summed E-state index contributed by atoms with van der Waals surface area (Å²) in [4.78, 5) is 12.1. The van der Waals surface area contributed by atoms with Gasteiger partial charge in [0.25, 0.3) is 0 Å². The maximum atomic E-state index is 12.1. The minimum atomic E-state index is -4.78. The number of hydrogen-bond donors (Lipinski definition) is 2. The lowest BCUT2D eigenvalue weighted by Crippen LogP contribution is -2.25. The number of hydrogen-bond acceptors (Lipinski definition) is 4. The third-order valence-electron chi connectivity index (χ3n) is 3.87. The number of carbonyl (C=O) groups is 1. The summed E-state index contributed by atoms with van der Waals surface area (Å²) in [5, 5.41) is 2.50. The van der Waals surface area contributed by atoms with E-state index in [1.165, 1.54) is 36.4 Å². The highest BCUT2D eigenvalue weighted by molar-refractivity contribution is 7.89. The topological polar surface area (TPSA) is 84.5 Å². The van der Waals surface area contributed by atoms with E-state index in [4.69, 9.17) is 0 Å². The summed E-state index contributed by atoms with van der Waals surface area (Å²) in [6.45, 7) is 0. The molecule has 154 valence electrons. The van der Waals surface area contributed by atoms with Gasteiger partial charge in [-0.2, -0.15) is 0 Å². The molecule has 0 bridgehead atoms. The molecule has 3 rings (SSSR count). The molecule has 1 aliphatic rings. The van der Waals surface area contributed by atoms with Crippen molar-refractivity contribution in [3.8, 4) is 5.75 Å². The van der Waals surface area contributed by atoms with Crippen molar-refractivity contribution in [3.63, 3.8) is 0 Å². The van der Waals surface area contributed by atoms with Crippen LogP contribution in [-0.4, -0.2) is 26.7 Å². The second-order valence-electron chi connectivity index (χ2n) is 6.36. The molecule has 0 aliphatic heterocycles. The van der Waals surface area contributed by atoms with Crippen LogP contribution < -0.4 is 14.8 Å². The molecule has 2 aromatic rings. The van der Waals surface area contributed by atoms with E-state index in [9.17, 15) is 26.4 Å². The average molecular weight is 426 g/mol. The van der Waals surface area contributed by atoms with Gasteiger partial charge in [-0.25, -0.2) is 13.1 Å². The zero-order valence-corrected chi connectivity index (χ0v) is 15.8. The molecule has 2 N–H and O–H groups in total. The molecular formula is C19H17F3N2O4S. The predicted octanol–water partition coefficient (Wildman–Crippen LogP) is 3.68. The maximum absolute atomic E-state index is 12.1. The largest absolute Gasteiger partial charge is 0.573 e. The lowest BCUT2D eigenvalue weighted by molar-refractivity contribution is -0.274. The molecule has 0 atom stereocenters. The van der Waals surface area contributed by atoms with Crippen LogP contribution in [0.15, 0.2) is 59.5 Å². The second kappa shape index (κ2) is 8.26. The average Bonchev–Trinajstić information content (AvgIpc) is 3.44. The van der Waals surface area contributed by atoms with Crippen molar-refractivity contribution in [1.29, 1.82) is 0 Å². The Morgan fingerprint density at radius 1 is 1.03 bits per heavy atom. The fourth-order valence-electron chi connectivity index (χ4n) is 2.34. The quantitative estimate of drug-likeness (QED) is 0.662. The third-order valence-corrected chi connectivity index (χ3v) is 5.41. The van der Waals surface area contributed by atoms with Crippen molar-refractivity contribution < 1.29 is 31.1 Å². The van der Waals surface area contributed by atoms with Gasteiger partial charge in [0.15, 0.2) is 0 Å². The Balaban J connectivity index is 1.56. The number of nitrogens with one attached hydrogen (secondary N) is 2. The smallest absolute Gasteiger partial charge is 0.406 e. The fraction of sp³-hybridized carbons (Fsp3) is 0.211. The maximum Gasteiger partial charge on any atom is 0.573 e. The van der Waals surface area contributed by atoms with E-state index in [1.54, 1.807) is 12.1 Å². The van der Waals surface area contributed by atoms with Gasteiger partial charge in [-0.1, -0.05) is 12.1 Å². The highest BCUT2D eigenvalue weighted by atomic mass is 32.2. The first-order valence-electron chi connectivity index (χ1n) is 8.58. The normalized spacial score (nSPS) is 14.7. The molecular weight excluding hydrogens is 409 g/mol. The Labute approximate surface area is 165 Å². The molecule has 0 unspecified atom stereocenters. The predicted molar refractivity (Wildman–Crippen MR) is 101 cm³/mol. The Morgan fingerprint density at radius 2 is 1.66 bits per heavy atom. The standard InChI is InChI=1S/C19H17F3N2O4S/c20-19(21,22)28-16-8-6-14(7-9-16)23-18(25)12-3-13-1-10-17(11-2-13)29(26,27)24-15-4-5-15/h1-3,6-12,15,24H,4-5H2,(H,23,25)/b12-3+. The number of halogens is 3. The van der Waals surface area contributed by atoms with E-state index < -0.39 is 28.0 Å². The van der Waals surface area contributed by atoms with Crippen molar-refractivity contribution in [1.82, 2.24) is 4.72 Å². The van der Waals surface area contributed by atoms with Gasteiger partial charge in [-0.05, 0) is 60.9 Å². The Morgan fingerprint density at radius 3 is 2.21 bits per heavy atom. The number of amides is 1. The van der Waals surface area contributed by atoms with Crippen molar-refractivity contribution in [2.45, 2.75) is 30.1 Å². The monoisotopic (exact) mass is 426 g/mol. The second-order valence-corrected chi connectivity index (χ2v) is 8.07. The van der Waals surface area contributed by atoms with Gasteiger partial charge in [-0.15, -0.1) is 13.2 Å². The molecule has 1 saturated carbocycles. The number of rotatable bonds is 7. The number of carbonyl (C=O) groups excluding carboxylic acids is 1. The number of anilines is 1. The molecule has 1 fully saturated rings. The van der Waals surface area contributed by atoms with Crippen LogP contribution in [0.2, 0.25) is 0 Å². The molecule has 10 heteroatoms. The molecule has 0 spiro atoms. The highest BCUT2D eigenvalue weighted by Gasteiger charge is 2.31. The first-order chi connectivity index (χ1) is 13.6. The minimum Gasteiger partial charge on any atom is -0.406 e. The van der Waals surface area contributed by atoms with Crippen LogP contribution in [0.25, 0.3) is 6.08 Å². The Bertz CT molecular complexity index is 997. The molecule has 0 aromatic heterocycles. The van der Waals surface area contributed by atoms with Gasteiger partial charge in [0.1, 0.15) is 5.75 Å². The molecule has 29 heavy (non-hydrogen) atoms. The van der Waals surface area contributed by atoms with Crippen molar-refractivity contribution >= 4 is 27.7 Å². The lowest BCUT2D eigenvalue weighted by atomic mass is 10.2. The first kappa shape index (κ1) is 20.9. The van der Waals surface area contributed by atoms with E-state index in [0.29, 0.717) is 11.3 Å². The van der Waals surface area contributed by atoms with Crippen LogP contribution >= 0.6 is 0 Å². The van der Waals surface area contributed by atoms with Crippen molar-refractivity contribution in [3.05, 3.63) is 60.2 Å². The van der Waals surface area contributed by atoms with Crippen LogP contribution in [0.3, 0.4) is 0 Å². The zero-order valence-electron chi connectivity index (χ0n) is 14.9. The molecule has 2 aromatic carbocycles. The van der Waals surface area contributed by atoms with E-state index in [0.717, 1.165) is 25.0 Å². The first-order valence-corrected chi connectivity index (χ1v) is 10.1. The van der Waals surface area contributed by atoms with Gasteiger partial charge in [0, 0.05) is 17.8 Å². The van der Waals surface area contributed by atoms with Crippen LogP contribution in [-0.2, 0) is 14.8 Å². The number of benzene rings is 2. The SMILES string of the molecule is O=C(/C=C/c1ccc(S(=O)(=O)NC2CC2)cc1)Nc1ccc(OC(F)(F)F)cc1. The van der Waals surface area contributed by atoms with Gasteiger partial charge in [0.05, 0.1) is 4.90 Å². The summed E-state index contributed by atoms with van der Waals surface area (Å²) in [5.74, 6) is -0.890. The van der Waals surface area contributed by atoms with E-state index >= 15 is 0 Å². The minimum absolute atomic E-state index is 0.0114. The van der Waals surface area contributed by atoms with Crippen molar-refractivity contribution in [2.24, 2.45) is 0 Å². The Hall–Kier alpha value is -2.85. The van der Waals surface area contributed by atoms with Gasteiger partial charge < -0.3 is 10.1 Å². The van der Waals surface area contributed by atoms with Crippen LogP contribution in [0.5, 0.6) is 5.75 Å². The zero-order chi connectivity index (χ0) is 21.1. The van der Waals surface area contributed by atoms with Gasteiger partial charge in [0.2, 0.25) is 15.9 Å². The molecule has 1 amide bonds. The van der Waals surface area contributed by atoms with Crippen LogP contribution in [0.1, 0.15) is 18.4 Å². The number of ether oxygens (including phenoxy) is 1. The summed E-state index contributed by atoms with van der Waals surface area (Å²) in [6.07, 6.45) is -0.385. The Kier molecular flexibility index (Phi) is 5.94. The number of sulfonamides is 1. The third kappa shape index (κ3) is 6.61. The van der Waals surface area contributed by atoms with E-state index in [1.807, 2.05) is 0 Å². The van der Waals surface area contributed by atoms with Crippen molar-refractivity contribution in [2.75, 3.05) is 5.32 Å². The summed E-state index contributed by atoms with van der Waals surface area (Å²) in [5.41, 5.74) is 0.904. The molecule has 1 aliphatic carbocycles. The summed E-state index contributed by atoms with van der Waals surface area (Å²) in [6, 6.07) is 10.8. The van der Waals surface area contributed by atoms with Crippen LogP contribution in [0, 0.1) is 0 Å². The fourth-order valence-corrected chi connectivity index (χ4v) is 3.65. The summed E-state index contributed by atoms with van der Waals surface area (Å²) in [7, 11) is -3.53. The molecule has 0 heterocycles. The van der Waals surface area contributed by atoms with E-state index in [-0.39, 0.29) is 10.9 Å². The van der Waals surface area contributed by atoms with Crippen LogP contribution in [0.4, 0.5) is 18.9 Å². The lowest BCUT2D eigenvalue weighted by Gasteiger charge is -2.09. The summed E-state index contributed by atoms with van der Waals surface area (Å²) >= 11 is 0. The highest BCUT2D eigenvalue weighted by Crippen LogP contribution is 2.24. The van der Waals surface area contributed by atoms with E-state index in [2.05, 4.69) is 14.8 Å². The summed E-state index contributed by atoms with van der Waals surface area (Å²) < 4.78 is 66.9. The van der Waals surface area contributed by atoms with Gasteiger partial charge in [-0.3, -0.25) is 4.79 Å². The van der Waals surface area contributed by atoms with Gasteiger partial charge >= 0.3 is 6.36 Å². The molecule has 6 nitrogen and oxygen atoms in total.